The molecule has 1 heterocycles. The second-order valence-electron chi connectivity index (χ2n) is 7.17. The molecule has 11 heteroatoms. The number of nitrogens with zero attached hydrogens (tertiary/aromatic N) is 3. The SMILES string of the molecule is N#CCC(=O)NCc1ccccc1NC(=O)CCCN1C(=O)c2ccc([N+](=O)[O-])cc2C1=O. The van der Waals surface area contributed by atoms with Gasteiger partial charge in [0.2, 0.25) is 11.8 Å². The highest BCUT2D eigenvalue weighted by Gasteiger charge is 2.36. The molecule has 0 atom stereocenters. The number of nitro benzene ring substituents is 1. The third-order valence-electron chi connectivity index (χ3n) is 4.96. The second kappa shape index (κ2) is 10.1. The van der Waals surface area contributed by atoms with Gasteiger partial charge in [0.1, 0.15) is 6.42 Å². The second-order valence-corrected chi connectivity index (χ2v) is 7.17. The molecule has 0 saturated carbocycles. The fourth-order valence-corrected chi connectivity index (χ4v) is 3.33. The number of nitro groups is 1. The molecule has 2 N–H and O–H groups in total. The first-order valence-corrected chi connectivity index (χ1v) is 9.98. The van der Waals surface area contributed by atoms with Crippen LogP contribution < -0.4 is 10.6 Å². The standard InChI is InChI=1S/C22H19N5O6/c23-10-9-19(28)24-13-14-4-1-2-5-18(14)25-20(29)6-3-11-26-21(30)16-8-7-15(27(32)33)12-17(16)22(26)31/h1-2,4-5,7-8,12H,3,6,9,11,13H2,(H,24,28)(H,25,29). The van der Waals surface area contributed by atoms with E-state index in [1.807, 2.05) is 0 Å². The molecule has 0 radical (unpaired) electrons. The zero-order valence-corrected chi connectivity index (χ0v) is 17.4. The molecule has 0 aliphatic carbocycles. The Morgan fingerprint density at radius 1 is 1.06 bits per heavy atom. The van der Waals surface area contributed by atoms with Crippen molar-refractivity contribution in [3.8, 4) is 6.07 Å². The summed E-state index contributed by atoms with van der Waals surface area (Å²) in [6.45, 7) is 0.123. The van der Waals surface area contributed by atoms with E-state index in [-0.39, 0.29) is 55.1 Å². The number of imide groups is 1. The largest absolute Gasteiger partial charge is 0.351 e. The Kier molecular flexibility index (Phi) is 7.10. The summed E-state index contributed by atoms with van der Waals surface area (Å²) in [5.41, 5.74) is 0.943. The van der Waals surface area contributed by atoms with Crippen LogP contribution in [-0.4, -0.2) is 40.0 Å². The molecule has 33 heavy (non-hydrogen) atoms. The fraction of sp³-hybridized carbons (Fsp3) is 0.227. The number of carbonyl (C=O) groups is 4. The first-order valence-electron chi connectivity index (χ1n) is 9.98. The van der Waals surface area contributed by atoms with Crippen molar-refractivity contribution in [2.75, 3.05) is 11.9 Å². The van der Waals surface area contributed by atoms with Crippen LogP contribution >= 0.6 is 0 Å². The van der Waals surface area contributed by atoms with Gasteiger partial charge in [0.05, 0.1) is 22.1 Å². The van der Waals surface area contributed by atoms with E-state index in [2.05, 4.69) is 10.6 Å². The number of non-ortho nitro benzene ring substituents is 1. The molecule has 3 rings (SSSR count). The number of anilines is 1. The Balaban J connectivity index is 1.55. The van der Waals surface area contributed by atoms with Gasteiger partial charge in [-0.2, -0.15) is 5.26 Å². The number of fused-ring (bicyclic) bond motifs is 1. The summed E-state index contributed by atoms with van der Waals surface area (Å²) in [5, 5.41) is 24.8. The Labute approximate surface area is 188 Å². The van der Waals surface area contributed by atoms with Crippen LogP contribution in [0.15, 0.2) is 42.5 Å². The highest BCUT2D eigenvalue weighted by atomic mass is 16.6. The van der Waals surface area contributed by atoms with Gasteiger partial charge >= 0.3 is 0 Å². The van der Waals surface area contributed by atoms with E-state index >= 15 is 0 Å². The highest BCUT2D eigenvalue weighted by molar-refractivity contribution is 6.21. The predicted octanol–water partition coefficient (Wildman–Crippen LogP) is 2.14. The van der Waals surface area contributed by atoms with Crippen LogP contribution in [0.4, 0.5) is 11.4 Å². The summed E-state index contributed by atoms with van der Waals surface area (Å²) in [6, 6.07) is 12.1. The lowest BCUT2D eigenvalue weighted by Crippen LogP contribution is -2.31. The van der Waals surface area contributed by atoms with Gasteiger partial charge in [-0.1, -0.05) is 18.2 Å². The van der Waals surface area contributed by atoms with Crippen molar-refractivity contribution in [2.45, 2.75) is 25.8 Å². The molecule has 0 bridgehead atoms. The first-order chi connectivity index (χ1) is 15.8. The zero-order valence-electron chi connectivity index (χ0n) is 17.4. The molecule has 0 fully saturated rings. The number of carbonyl (C=O) groups excluding carboxylic acids is 4. The van der Waals surface area contributed by atoms with Crippen LogP contribution in [0.3, 0.4) is 0 Å². The molecule has 4 amide bonds. The van der Waals surface area contributed by atoms with E-state index in [0.717, 1.165) is 11.0 Å². The number of rotatable bonds is 9. The molecule has 1 aliphatic heterocycles. The molecule has 0 saturated heterocycles. The summed E-state index contributed by atoms with van der Waals surface area (Å²) < 4.78 is 0. The van der Waals surface area contributed by atoms with Crippen LogP contribution in [0.5, 0.6) is 0 Å². The Morgan fingerprint density at radius 2 is 1.79 bits per heavy atom. The van der Waals surface area contributed by atoms with E-state index < -0.39 is 22.6 Å². The van der Waals surface area contributed by atoms with Crippen molar-refractivity contribution in [1.82, 2.24) is 10.2 Å². The van der Waals surface area contributed by atoms with E-state index in [4.69, 9.17) is 5.26 Å². The number of hydrogen-bond acceptors (Lipinski definition) is 7. The van der Waals surface area contributed by atoms with Crippen molar-refractivity contribution in [1.29, 1.82) is 5.26 Å². The monoisotopic (exact) mass is 449 g/mol. The minimum absolute atomic E-state index is 0.0145. The van der Waals surface area contributed by atoms with Gasteiger partial charge in [-0.3, -0.25) is 34.2 Å². The van der Waals surface area contributed by atoms with Crippen LogP contribution in [0.1, 0.15) is 45.5 Å². The van der Waals surface area contributed by atoms with Gasteiger partial charge in [0.15, 0.2) is 0 Å². The summed E-state index contributed by atoms with van der Waals surface area (Å²) in [5.74, 6) is -1.95. The molecule has 11 nitrogen and oxygen atoms in total. The van der Waals surface area contributed by atoms with Crippen molar-refractivity contribution in [2.24, 2.45) is 0 Å². The summed E-state index contributed by atoms with van der Waals surface area (Å²) in [6.07, 6.45) is -0.0528. The van der Waals surface area contributed by atoms with Gasteiger partial charge in [-0.15, -0.1) is 0 Å². The Morgan fingerprint density at radius 3 is 2.52 bits per heavy atom. The Hall–Kier alpha value is -4.59. The first kappa shape index (κ1) is 23.1. The predicted molar refractivity (Wildman–Crippen MR) is 115 cm³/mol. The lowest BCUT2D eigenvalue weighted by molar-refractivity contribution is -0.384. The fourth-order valence-electron chi connectivity index (χ4n) is 3.33. The van der Waals surface area contributed by atoms with Crippen LogP contribution in [0, 0.1) is 21.4 Å². The molecule has 0 spiro atoms. The maximum atomic E-state index is 12.5. The average Bonchev–Trinajstić information content (AvgIpc) is 3.03. The van der Waals surface area contributed by atoms with Gasteiger partial charge in [-0.25, -0.2) is 0 Å². The molecular formula is C22H19N5O6. The molecular weight excluding hydrogens is 430 g/mol. The van der Waals surface area contributed by atoms with Gasteiger partial charge in [-0.05, 0) is 24.1 Å². The molecule has 0 aromatic heterocycles. The summed E-state index contributed by atoms with van der Waals surface area (Å²) >= 11 is 0. The van der Waals surface area contributed by atoms with E-state index in [1.54, 1.807) is 30.3 Å². The van der Waals surface area contributed by atoms with Gasteiger partial charge in [0, 0.05) is 37.3 Å². The average molecular weight is 449 g/mol. The number of amides is 4. The van der Waals surface area contributed by atoms with E-state index in [1.165, 1.54) is 12.1 Å². The summed E-state index contributed by atoms with van der Waals surface area (Å²) in [4.78, 5) is 60.1. The van der Waals surface area contributed by atoms with Crippen LogP contribution in [0.2, 0.25) is 0 Å². The number of hydrogen-bond donors (Lipinski definition) is 2. The quantitative estimate of drug-likeness (QED) is 0.336. The molecule has 0 unspecified atom stereocenters. The van der Waals surface area contributed by atoms with Crippen LogP contribution in [-0.2, 0) is 16.1 Å². The minimum Gasteiger partial charge on any atom is -0.351 e. The van der Waals surface area contributed by atoms with Gasteiger partial charge in [0.25, 0.3) is 17.5 Å². The Bertz CT molecular complexity index is 1190. The molecule has 2 aromatic rings. The van der Waals surface area contributed by atoms with Crippen molar-refractivity contribution < 1.29 is 24.1 Å². The van der Waals surface area contributed by atoms with Crippen molar-refractivity contribution >= 4 is 35.0 Å². The number of nitriles is 1. The third kappa shape index (κ3) is 5.37. The van der Waals surface area contributed by atoms with E-state index in [9.17, 15) is 29.3 Å². The number of benzene rings is 2. The summed E-state index contributed by atoms with van der Waals surface area (Å²) in [7, 11) is 0. The maximum absolute atomic E-state index is 12.5. The maximum Gasteiger partial charge on any atom is 0.270 e. The molecule has 2 aromatic carbocycles. The van der Waals surface area contributed by atoms with Gasteiger partial charge < -0.3 is 10.6 Å². The van der Waals surface area contributed by atoms with Crippen molar-refractivity contribution in [3.63, 3.8) is 0 Å². The zero-order chi connectivity index (χ0) is 24.0. The normalized spacial score (nSPS) is 12.2. The number of nitrogens with one attached hydrogen (secondary N) is 2. The third-order valence-corrected chi connectivity index (χ3v) is 4.96. The highest BCUT2D eigenvalue weighted by Crippen LogP contribution is 2.27. The van der Waals surface area contributed by atoms with E-state index in [0.29, 0.717) is 11.3 Å². The minimum atomic E-state index is -0.641. The topological polar surface area (TPSA) is 163 Å². The lowest BCUT2D eigenvalue weighted by Gasteiger charge is -2.14. The molecule has 168 valence electrons. The lowest BCUT2D eigenvalue weighted by atomic mass is 10.1. The van der Waals surface area contributed by atoms with Crippen LogP contribution in [0.25, 0.3) is 0 Å². The smallest absolute Gasteiger partial charge is 0.270 e. The van der Waals surface area contributed by atoms with Crippen molar-refractivity contribution in [3.05, 3.63) is 69.3 Å². The number of para-hydroxylation sites is 1. The molecule has 1 aliphatic rings.